The summed E-state index contributed by atoms with van der Waals surface area (Å²) in [7, 11) is 0. The van der Waals surface area contributed by atoms with Gasteiger partial charge in [0, 0.05) is 9.99 Å². The molecule has 0 atom stereocenters. The summed E-state index contributed by atoms with van der Waals surface area (Å²) >= 11 is 2.00. The van der Waals surface area contributed by atoms with E-state index in [1.165, 1.54) is 12.1 Å². The van der Waals surface area contributed by atoms with E-state index in [0.717, 1.165) is 9.13 Å². The Labute approximate surface area is 88.9 Å². The topological polar surface area (TPSA) is 37.3 Å². The molecular formula is C9H8FIO2. The lowest BCUT2D eigenvalue weighted by atomic mass is 10.1. The Balaban J connectivity index is 2.71. The molecule has 1 N–H and O–H groups in total. The molecule has 0 radical (unpaired) electrons. The lowest BCUT2D eigenvalue weighted by Gasteiger charge is -1.99. The van der Waals surface area contributed by atoms with Crippen LogP contribution in [0.25, 0.3) is 0 Å². The number of carbonyl (C=O) groups is 1. The summed E-state index contributed by atoms with van der Waals surface area (Å²) in [6.45, 7) is 0. The van der Waals surface area contributed by atoms with Crippen LogP contribution in [0.1, 0.15) is 12.0 Å². The number of halogens is 2. The first kappa shape index (κ1) is 10.4. The zero-order valence-corrected chi connectivity index (χ0v) is 8.92. The first-order valence-electron chi connectivity index (χ1n) is 3.74. The average Bonchev–Trinajstić information content (AvgIpc) is 1.99. The maximum Gasteiger partial charge on any atom is 0.303 e. The first-order chi connectivity index (χ1) is 6.08. The molecule has 4 heteroatoms. The molecule has 13 heavy (non-hydrogen) atoms. The van der Waals surface area contributed by atoms with E-state index in [9.17, 15) is 9.18 Å². The Hall–Kier alpha value is -0.650. The second-order valence-electron chi connectivity index (χ2n) is 2.67. The molecule has 0 saturated carbocycles. The van der Waals surface area contributed by atoms with Crippen LogP contribution in [0, 0.1) is 9.39 Å². The monoisotopic (exact) mass is 294 g/mol. The normalized spacial score (nSPS) is 10.0. The number of aryl methyl sites for hydroxylation is 1. The summed E-state index contributed by atoms with van der Waals surface area (Å²) in [5, 5.41) is 8.42. The van der Waals surface area contributed by atoms with Crippen molar-refractivity contribution in [2.24, 2.45) is 0 Å². The Kier molecular flexibility index (Phi) is 3.65. The third-order valence-corrected chi connectivity index (χ3v) is 2.17. The number of hydrogen-bond acceptors (Lipinski definition) is 1. The molecule has 0 unspecified atom stereocenters. The van der Waals surface area contributed by atoms with E-state index in [-0.39, 0.29) is 12.2 Å². The van der Waals surface area contributed by atoms with Gasteiger partial charge < -0.3 is 5.11 Å². The van der Waals surface area contributed by atoms with Gasteiger partial charge in [-0.1, -0.05) is 0 Å². The van der Waals surface area contributed by atoms with Gasteiger partial charge in [0.25, 0.3) is 0 Å². The number of carboxylic acids is 1. The fourth-order valence-corrected chi connectivity index (χ4v) is 1.70. The van der Waals surface area contributed by atoms with Crippen LogP contribution in [0.15, 0.2) is 18.2 Å². The van der Waals surface area contributed by atoms with Crippen molar-refractivity contribution < 1.29 is 14.3 Å². The molecule has 70 valence electrons. The van der Waals surface area contributed by atoms with E-state index < -0.39 is 5.97 Å². The molecule has 0 amide bonds. The molecule has 0 spiro atoms. The van der Waals surface area contributed by atoms with Crippen LogP contribution in [0.2, 0.25) is 0 Å². The summed E-state index contributed by atoms with van der Waals surface area (Å²) in [6.07, 6.45) is 0.419. The van der Waals surface area contributed by atoms with Gasteiger partial charge in [0.05, 0.1) is 0 Å². The van der Waals surface area contributed by atoms with Crippen molar-refractivity contribution in [2.45, 2.75) is 12.8 Å². The molecule has 0 saturated heterocycles. The smallest absolute Gasteiger partial charge is 0.303 e. The Bertz CT molecular complexity index is 305. The summed E-state index contributed by atoms with van der Waals surface area (Å²) in [5.74, 6) is -1.17. The van der Waals surface area contributed by atoms with Crippen LogP contribution in [0.5, 0.6) is 0 Å². The highest BCUT2D eigenvalue weighted by molar-refractivity contribution is 14.1. The van der Waals surface area contributed by atoms with Gasteiger partial charge in [0.2, 0.25) is 0 Å². The van der Waals surface area contributed by atoms with Crippen molar-refractivity contribution in [1.29, 1.82) is 0 Å². The maximum atomic E-state index is 12.8. The van der Waals surface area contributed by atoms with E-state index in [0.29, 0.717) is 6.42 Å². The maximum absolute atomic E-state index is 12.8. The minimum absolute atomic E-state index is 0.0412. The number of rotatable bonds is 3. The number of hydrogen-bond donors (Lipinski definition) is 1. The van der Waals surface area contributed by atoms with Gasteiger partial charge in [-0.2, -0.15) is 0 Å². The third-order valence-electron chi connectivity index (χ3n) is 1.55. The van der Waals surface area contributed by atoms with Gasteiger partial charge in [0.15, 0.2) is 0 Å². The summed E-state index contributed by atoms with van der Waals surface area (Å²) in [5.41, 5.74) is 0.729. The highest BCUT2D eigenvalue weighted by Gasteiger charge is 2.01. The first-order valence-corrected chi connectivity index (χ1v) is 4.82. The number of benzene rings is 1. The molecule has 0 aromatic heterocycles. The molecule has 1 aromatic carbocycles. The van der Waals surface area contributed by atoms with Crippen LogP contribution < -0.4 is 0 Å². The number of aliphatic carboxylic acids is 1. The summed E-state index contributed by atoms with van der Waals surface area (Å²) < 4.78 is 13.6. The van der Waals surface area contributed by atoms with Crippen LogP contribution in [0.4, 0.5) is 4.39 Å². The quantitative estimate of drug-likeness (QED) is 0.869. The molecule has 2 nitrogen and oxygen atoms in total. The van der Waals surface area contributed by atoms with Crippen molar-refractivity contribution >= 4 is 28.6 Å². The predicted molar refractivity (Wildman–Crippen MR) is 55.1 cm³/mol. The zero-order chi connectivity index (χ0) is 9.84. The van der Waals surface area contributed by atoms with Crippen molar-refractivity contribution in [3.05, 3.63) is 33.1 Å². The standard InChI is InChI=1S/C9H8FIO2/c10-7-3-6(1-2-9(12)13)4-8(11)5-7/h3-5H,1-2H2,(H,12,13). The van der Waals surface area contributed by atoms with Gasteiger partial charge >= 0.3 is 5.97 Å². The predicted octanol–water partition coefficient (Wildman–Crippen LogP) is 2.45. The molecular weight excluding hydrogens is 286 g/mol. The highest BCUT2D eigenvalue weighted by atomic mass is 127. The van der Waals surface area contributed by atoms with Gasteiger partial charge in [-0.15, -0.1) is 0 Å². The van der Waals surface area contributed by atoms with Gasteiger partial charge in [-0.25, -0.2) is 4.39 Å². The van der Waals surface area contributed by atoms with Gasteiger partial charge in [-0.3, -0.25) is 4.79 Å². The van der Waals surface area contributed by atoms with Crippen molar-refractivity contribution in [1.82, 2.24) is 0 Å². The van der Waals surface area contributed by atoms with E-state index in [1.807, 2.05) is 22.6 Å². The van der Waals surface area contributed by atoms with Crippen LogP contribution in [0.3, 0.4) is 0 Å². The molecule has 0 aliphatic rings. The molecule has 1 rings (SSSR count). The van der Waals surface area contributed by atoms with Crippen molar-refractivity contribution in [2.75, 3.05) is 0 Å². The molecule has 0 fully saturated rings. The second-order valence-corrected chi connectivity index (χ2v) is 3.92. The fourth-order valence-electron chi connectivity index (χ4n) is 1.01. The Morgan fingerprint density at radius 2 is 2.15 bits per heavy atom. The van der Waals surface area contributed by atoms with Crippen LogP contribution in [-0.4, -0.2) is 11.1 Å². The largest absolute Gasteiger partial charge is 0.481 e. The summed E-state index contributed by atoms with van der Waals surface area (Å²) in [6, 6.07) is 4.56. The van der Waals surface area contributed by atoms with Crippen molar-refractivity contribution in [3.63, 3.8) is 0 Å². The lowest BCUT2D eigenvalue weighted by Crippen LogP contribution is -1.98. The zero-order valence-electron chi connectivity index (χ0n) is 6.76. The number of carboxylic acid groups (broad SMARTS) is 1. The van der Waals surface area contributed by atoms with E-state index in [4.69, 9.17) is 5.11 Å². The fraction of sp³-hybridized carbons (Fsp3) is 0.222. The lowest BCUT2D eigenvalue weighted by molar-refractivity contribution is -0.136. The molecule has 0 bridgehead atoms. The van der Waals surface area contributed by atoms with E-state index in [1.54, 1.807) is 6.07 Å². The SMILES string of the molecule is O=C(O)CCc1cc(F)cc(I)c1. The average molecular weight is 294 g/mol. The molecule has 0 heterocycles. The third kappa shape index (κ3) is 3.71. The molecule has 0 aliphatic carbocycles. The molecule has 0 aliphatic heterocycles. The Morgan fingerprint density at radius 3 is 2.69 bits per heavy atom. The van der Waals surface area contributed by atoms with Gasteiger partial charge in [-0.05, 0) is 52.8 Å². The van der Waals surface area contributed by atoms with E-state index in [2.05, 4.69) is 0 Å². The highest BCUT2D eigenvalue weighted by Crippen LogP contribution is 2.12. The minimum atomic E-state index is -0.862. The minimum Gasteiger partial charge on any atom is -0.481 e. The molecule has 1 aromatic rings. The Morgan fingerprint density at radius 1 is 1.46 bits per heavy atom. The van der Waals surface area contributed by atoms with E-state index >= 15 is 0 Å². The van der Waals surface area contributed by atoms with Gasteiger partial charge in [0.1, 0.15) is 5.82 Å². The summed E-state index contributed by atoms with van der Waals surface area (Å²) in [4.78, 5) is 10.2. The second kappa shape index (κ2) is 4.55. The van der Waals surface area contributed by atoms with Crippen LogP contribution >= 0.6 is 22.6 Å². The van der Waals surface area contributed by atoms with Crippen molar-refractivity contribution in [3.8, 4) is 0 Å². The van der Waals surface area contributed by atoms with Crippen LogP contribution in [-0.2, 0) is 11.2 Å².